The molecule has 0 aliphatic carbocycles. The lowest BCUT2D eigenvalue weighted by Crippen LogP contribution is -2.37. The first kappa shape index (κ1) is 14.3. The highest BCUT2D eigenvalue weighted by molar-refractivity contribution is 5.95. The van der Waals surface area contributed by atoms with Crippen LogP contribution in [0.15, 0.2) is 43.0 Å². The second-order valence-corrected chi connectivity index (χ2v) is 5.48. The van der Waals surface area contributed by atoms with E-state index in [1.807, 2.05) is 48.9 Å². The van der Waals surface area contributed by atoms with E-state index in [2.05, 4.69) is 10.3 Å². The largest absolute Gasteiger partial charge is 0.333 e. The summed E-state index contributed by atoms with van der Waals surface area (Å²) in [5, 5.41) is 2.91. The molecule has 0 spiro atoms. The van der Waals surface area contributed by atoms with Gasteiger partial charge in [0, 0.05) is 31.2 Å². The van der Waals surface area contributed by atoms with Crippen LogP contribution >= 0.6 is 0 Å². The first-order valence-electron chi connectivity index (χ1n) is 6.57. The summed E-state index contributed by atoms with van der Waals surface area (Å²) in [4.78, 5) is 16.1. The highest BCUT2D eigenvalue weighted by atomic mass is 16.2. The molecule has 5 heteroatoms. The smallest absolute Gasteiger partial charge is 0.231 e. The molecule has 0 radical (unpaired) electrons. The fourth-order valence-electron chi connectivity index (χ4n) is 1.73. The molecule has 2 aromatic rings. The number of hydrogen-bond donors (Lipinski definition) is 2. The van der Waals surface area contributed by atoms with Crippen molar-refractivity contribution in [3.63, 3.8) is 0 Å². The Hall–Kier alpha value is -2.14. The van der Waals surface area contributed by atoms with Crippen molar-refractivity contribution >= 4 is 11.6 Å². The number of nitrogens with one attached hydrogen (secondary N) is 1. The van der Waals surface area contributed by atoms with Gasteiger partial charge in [-0.15, -0.1) is 0 Å². The van der Waals surface area contributed by atoms with Gasteiger partial charge in [0.2, 0.25) is 5.91 Å². The summed E-state index contributed by atoms with van der Waals surface area (Å²) in [5.41, 5.74) is 6.93. The molecule has 0 fully saturated rings. The molecule has 5 nitrogen and oxygen atoms in total. The Morgan fingerprint density at radius 1 is 1.45 bits per heavy atom. The average molecular weight is 272 g/mol. The highest BCUT2D eigenvalue weighted by Gasteiger charge is 2.25. The van der Waals surface area contributed by atoms with E-state index in [0.717, 1.165) is 17.8 Å². The maximum atomic E-state index is 12.1. The molecule has 0 saturated heterocycles. The predicted molar refractivity (Wildman–Crippen MR) is 79.2 cm³/mol. The fraction of sp³-hybridized carbons (Fsp3) is 0.333. The van der Waals surface area contributed by atoms with Gasteiger partial charge in [-0.2, -0.15) is 0 Å². The lowest BCUT2D eigenvalue weighted by Gasteiger charge is -2.21. The standard InChI is InChI=1S/C15H20N4O/c1-15(2,10-16)14(20)18-13-5-3-4-12(8-13)9-19-7-6-17-11-19/h3-8,11H,9-10,16H2,1-2H3,(H,18,20). The summed E-state index contributed by atoms with van der Waals surface area (Å²) < 4.78 is 1.98. The van der Waals surface area contributed by atoms with Crippen molar-refractivity contribution in [3.8, 4) is 0 Å². The number of nitrogens with zero attached hydrogens (tertiary/aromatic N) is 2. The van der Waals surface area contributed by atoms with Gasteiger partial charge in [0.15, 0.2) is 0 Å². The Bertz CT molecular complexity index is 575. The maximum Gasteiger partial charge on any atom is 0.231 e. The number of hydrogen-bond acceptors (Lipinski definition) is 3. The molecule has 20 heavy (non-hydrogen) atoms. The van der Waals surface area contributed by atoms with Crippen LogP contribution < -0.4 is 11.1 Å². The number of aromatic nitrogens is 2. The molecule has 2 rings (SSSR count). The van der Waals surface area contributed by atoms with E-state index < -0.39 is 5.41 Å². The Morgan fingerprint density at radius 2 is 2.25 bits per heavy atom. The third-order valence-electron chi connectivity index (χ3n) is 3.23. The van der Waals surface area contributed by atoms with Crippen molar-refractivity contribution in [1.82, 2.24) is 9.55 Å². The van der Waals surface area contributed by atoms with Gasteiger partial charge in [0.25, 0.3) is 0 Å². The third-order valence-corrected chi connectivity index (χ3v) is 3.23. The van der Waals surface area contributed by atoms with Crippen molar-refractivity contribution in [1.29, 1.82) is 0 Å². The number of amides is 1. The van der Waals surface area contributed by atoms with Crippen LogP contribution in [0.3, 0.4) is 0 Å². The van der Waals surface area contributed by atoms with Gasteiger partial charge < -0.3 is 15.6 Å². The maximum absolute atomic E-state index is 12.1. The van der Waals surface area contributed by atoms with E-state index in [1.54, 1.807) is 12.5 Å². The Balaban J connectivity index is 2.08. The van der Waals surface area contributed by atoms with E-state index in [4.69, 9.17) is 5.73 Å². The van der Waals surface area contributed by atoms with Crippen LogP contribution in [0.25, 0.3) is 0 Å². The zero-order valence-electron chi connectivity index (χ0n) is 11.8. The van der Waals surface area contributed by atoms with Crippen LogP contribution in [0.5, 0.6) is 0 Å². The minimum absolute atomic E-state index is 0.0696. The molecule has 3 N–H and O–H groups in total. The predicted octanol–water partition coefficient (Wildman–Crippen LogP) is 1.85. The Morgan fingerprint density at radius 3 is 2.90 bits per heavy atom. The van der Waals surface area contributed by atoms with Gasteiger partial charge in [-0.25, -0.2) is 4.98 Å². The normalized spacial score (nSPS) is 11.3. The second kappa shape index (κ2) is 5.88. The fourth-order valence-corrected chi connectivity index (χ4v) is 1.73. The Kier molecular flexibility index (Phi) is 4.20. The van der Waals surface area contributed by atoms with Crippen LogP contribution in [0.2, 0.25) is 0 Å². The summed E-state index contributed by atoms with van der Waals surface area (Å²) >= 11 is 0. The van der Waals surface area contributed by atoms with Gasteiger partial charge in [0.05, 0.1) is 11.7 Å². The lowest BCUT2D eigenvalue weighted by atomic mass is 9.92. The van der Waals surface area contributed by atoms with E-state index in [1.165, 1.54) is 0 Å². The molecular weight excluding hydrogens is 252 g/mol. The van der Waals surface area contributed by atoms with Crippen LogP contribution in [0, 0.1) is 5.41 Å². The molecule has 0 aliphatic heterocycles. The summed E-state index contributed by atoms with van der Waals surface area (Å²) in [7, 11) is 0. The van der Waals surface area contributed by atoms with Crippen LogP contribution in [0.4, 0.5) is 5.69 Å². The first-order valence-corrected chi connectivity index (χ1v) is 6.57. The van der Waals surface area contributed by atoms with Crippen LogP contribution in [-0.4, -0.2) is 22.0 Å². The Labute approximate surface area is 118 Å². The van der Waals surface area contributed by atoms with Crippen molar-refractivity contribution in [2.75, 3.05) is 11.9 Å². The number of rotatable bonds is 5. The SMILES string of the molecule is CC(C)(CN)C(=O)Nc1cccc(Cn2ccnc2)c1. The molecule has 1 heterocycles. The molecule has 0 unspecified atom stereocenters. The number of imidazole rings is 1. The molecule has 0 aliphatic rings. The molecule has 1 aromatic carbocycles. The quantitative estimate of drug-likeness (QED) is 0.872. The third kappa shape index (κ3) is 3.45. The number of carbonyl (C=O) groups is 1. The van der Waals surface area contributed by atoms with Gasteiger partial charge in [-0.1, -0.05) is 12.1 Å². The van der Waals surface area contributed by atoms with Crippen molar-refractivity contribution < 1.29 is 4.79 Å². The summed E-state index contributed by atoms with van der Waals surface area (Å²) in [6.45, 7) is 4.70. The van der Waals surface area contributed by atoms with Gasteiger partial charge >= 0.3 is 0 Å². The van der Waals surface area contributed by atoms with E-state index in [-0.39, 0.29) is 5.91 Å². The molecular formula is C15H20N4O. The molecule has 106 valence electrons. The second-order valence-electron chi connectivity index (χ2n) is 5.48. The zero-order chi connectivity index (χ0) is 14.6. The van der Waals surface area contributed by atoms with Gasteiger partial charge in [0.1, 0.15) is 0 Å². The molecule has 0 atom stereocenters. The van der Waals surface area contributed by atoms with Crippen LogP contribution in [-0.2, 0) is 11.3 Å². The van der Waals surface area contributed by atoms with E-state index in [9.17, 15) is 4.79 Å². The van der Waals surface area contributed by atoms with Crippen molar-refractivity contribution in [2.45, 2.75) is 20.4 Å². The minimum Gasteiger partial charge on any atom is -0.333 e. The van der Waals surface area contributed by atoms with Gasteiger partial charge in [-0.05, 0) is 31.5 Å². The average Bonchev–Trinajstić information content (AvgIpc) is 2.92. The highest BCUT2D eigenvalue weighted by Crippen LogP contribution is 2.18. The van der Waals surface area contributed by atoms with Crippen LogP contribution in [0.1, 0.15) is 19.4 Å². The minimum atomic E-state index is -0.569. The molecule has 0 saturated carbocycles. The summed E-state index contributed by atoms with van der Waals surface area (Å²) in [6.07, 6.45) is 5.42. The number of anilines is 1. The van der Waals surface area contributed by atoms with Crippen molar-refractivity contribution in [2.24, 2.45) is 11.1 Å². The van der Waals surface area contributed by atoms with Crippen molar-refractivity contribution in [3.05, 3.63) is 48.5 Å². The number of benzene rings is 1. The number of nitrogens with two attached hydrogens (primary N) is 1. The topological polar surface area (TPSA) is 72.9 Å². The van der Waals surface area contributed by atoms with E-state index in [0.29, 0.717) is 6.54 Å². The summed E-state index contributed by atoms with van der Waals surface area (Å²) in [5.74, 6) is -0.0696. The number of carbonyl (C=O) groups excluding carboxylic acids is 1. The van der Waals surface area contributed by atoms with Gasteiger partial charge in [-0.3, -0.25) is 4.79 Å². The lowest BCUT2D eigenvalue weighted by molar-refractivity contribution is -0.123. The molecule has 0 bridgehead atoms. The first-order chi connectivity index (χ1) is 9.51. The molecule has 1 aromatic heterocycles. The molecule has 1 amide bonds. The van der Waals surface area contributed by atoms with E-state index >= 15 is 0 Å². The summed E-state index contributed by atoms with van der Waals surface area (Å²) in [6, 6.07) is 7.79. The zero-order valence-corrected chi connectivity index (χ0v) is 11.8. The monoisotopic (exact) mass is 272 g/mol.